The molecule has 0 amide bonds. The van der Waals surface area contributed by atoms with Gasteiger partial charge < -0.3 is 10.5 Å². The fourth-order valence-electron chi connectivity index (χ4n) is 2.46. The van der Waals surface area contributed by atoms with Crippen molar-refractivity contribution in [2.75, 3.05) is 6.61 Å². The molecule has 2 N–H and O–H groups in total. The minimum atomic E-state index is -0.0711. The van der Waals surface area contributed by atoms with Crippen LogP contribution in [-0.2, 0) is 0 Å². The lowest BCUT2D eigenvalue weighted by Crippen LogP contribution is -2.15. The van der Waals surface area contributed by atoms with Gasteiger partial charge in [0.2, 0.25) is 0 Å². The van der Waals surface area contributed by atoms with Gasteiger partial charge in [0.1, 0.15) is 18.4 Å². The van der Waals surface area contributed by atoms with Gasteiger partial charge in [0.15, 0.2) is 5.78 Å². The minimum Gasteiger partial charge on any atom is -0.488 e. The molecule has 0 radical (unpaired) electrons. The standard InChI is InChI=1S/C21H20ClN3O2/c1-13(24)19(12-27-21-7-5-4-6-18(21)15(3)26)14(2)25-17-9-8-16(11-23)20(22)10-17/h4-10H,12,24H2,1-3H3. The van der Waals surface area contributed by atoms with Gasteiger partial charge >= 0.3 is 0 Å². The molecule has 2 aromatic carbocycles. The topological polar surface area (TPSA) is 88.5 Å². The van der Waals surface area contributed by atoms with E-state index in [4.69, 9.17) is 27.3 Å². The van der Waals surface area contributed by atoms with Gasteiger partial charge in [0, 0.05) is 17.0 Å². The molecule has 0 spiro atoms. The summed E-state index contributed by atoms with van der Waals surface area (Å²) >= 11 is 6.06. The molecule has 0 unspecified atom stereocenters. The van der Waals surface area contributed by atoms with Crippen molar-refractivity contribution >= 4 is 28.8 Å². The summed E-state index contributed by atoms with van der Waals surface area (Å²) in [6, 6.07) is 14.0. The number of nitriles is 1. The van der Waals surface area contributed by atoms with Crippen molar-refractivity contribution < 1.29 is 9.53 Å². The highest BCUT2D eigenvalue weighted by atomic mass is 35.5. The maximum absolute atomic E-state index is 11.7. The van der Waals surface area contributed by atoms with E-state index in [0.717, 1.165) is 0 Å². The van der Waals surface area contributed by atoms with E-state index in [2.05, 4.69) is 4.99 Å². The third kappa shape index (κ3) is 5.19. The van der Waals surface area contributed by atoms with Crippen LogP contribution < -0.4 is 10.5 Å². The number of nitrogens with two attached hydrogens (primary N) is 1. The molecular weight excluding hydrogens is 362 g/mol. The fraction of sp³-hybridized carbons (Fsp3) is 0.190. The average Bonchev–Trinajstić information content (AvgIpc) is 2.62. The third-order valence-corrected chi connectivity index (χ3v) is 4.23. The highest BCUT2D eigenvalue weighted by molar-refractivity contribution is 6.32. The van der Waals surface area contributed by atoms with E-state index in [1.807, 2.05) is 13.0 Å². The molecule has 0 heterocycles. The molecular formula is C21H20ClN3O2. The van der Waals surface area contributed by atoms with E-state index in [1.165, 1.54) is 6.92 Å². The number of hydrogen-bond acceptors (Lipinski definition) is 5. The van der Waals surface area contributed by atoms with Crippen LogP contribution in [0.4, 0.5) is 5.69 Å². The van der Waals surface area contributed by atoms with Gasteiger partial charge in [-0.2, -0.15) is 5.26 Å². The van der Waals surface area contributed by atoms with E-state index in [9.17, 15) is 4.79 Å². The van der Waals surface area contributed by atoms with Crippen LogP contribution in [0.25, 0.3) is 0 Å². The molecule has 0 aliphatic carbocycles. The van der Waals surface area contributed by atoms with Gasteiger partial charge in [-0.25, -0.2) is 0 Å². The lowest BCUT2D eigenvalue weighted by atomic mass is 10.1. The molecule has 0 atom stereocenters. The highest BCUT2D eigenvalue weighted by Gasteiger charge is 2.11. The number of hydrogen-bond donors (Lipinski definition) is 1. The summed E-state index contributed by atoms with van der Waals surface area (Å²) in [6.45, 7) is 5.25. The smallest absolute Gasteiger partial charge is 0.163 e. The number of Topliss-reactive ketones (excluding diaryl/α,β-unsaturated/α-hetero) is 1. The summed E-state index contributed by atoms with van der Waals surface area (Å²) in [5.41, 5.74) is 9.47. The predicted octanol–water partition coefficient (Wildman–Crippen LogP) is 4.82. The van der Waals surface area contributed by atoms with E-state index >= 15 is 0 Å². The zero-order valence-corrected chi connectivity index (χ0v) is 16.2. The second-order valence-electron chi connectivity index (χ2n) is 5.98. The third-order valence-electron chi connectivity index (χ3n) is 3.92. The van der Waals surface area contributed by atoms with Crippen molar-refractivity contribution in [3.63, 3.8) is 0 Å². The largest absolute Gasteiger partial charge is 0.488 e. The Balaban J connectivity index is 2.26. The molecule has 0 aliphatic heterocycles. The zero-order chi connectivity index (χ0) is 20.0. The van der Waals surface area contributed by atoms with Crippen molar-refractivity contribution in [2.45, 2.75) is 20.8 Å². The van der Waals surface area contributed by atoms with Crippen molar-refractivity contribution in [3.8, 4) is 11.8 Å². The molecule has 2 aromatic rings. The summed E-state index contributed by atoms with van der Waals surface area (Å²) in [7, 11) is 0. The molecule has 0 fully saturated rings. The molecule has 0 aromatic heterocycles. The Bertz CT molecular complexity index is 968. The summed E-state index contributed by atoms with van der Waals surface area (Å²) in [5.74, 6) is 0.427. The zero-order valence-electron chi connectivity index (χ0n) is 15.4. The number of rotatable bonds is 6. The van der Waals surface area contributed by atoms with Gasteiger partial charge in [-0.3, -0.25) is 9.79 Å². The molecule has 0 aliphatic rings. The van der Waals surface area contributed by atoms with Crippen LogP contribution in [0.1, 0.15) is 36.7 Å². The average molecular weight is 382 g/mol. The van der Waals surface area contributed by atoms with E-state index < -0.39 is 0 Å². The number of nitrogens with zero attached hydrogens (tertiary/aromatic N) is 2. The lowest BCUT2D eigenvalue weighted by molar-refractivity contribution is 0.101. The summed E-state index contributed by atoms with van der Waals surface area (Å²) < 4.78 is 5.83. The molecule has 0 bridgehead atoms. The normalized spacial score (nSPS) is 12.2. The minimum absolute atomic E-state index is 0.0711. The van der Waals surface area contributed by atoms with Crippen LogP contribution in [0.15, 0.2) is 58.7 Å². The van der Waals surface area contributed by atoms with Crippen LogP contribution in [0.5, 0.6) is 5.75 Å². The maximum atomic E-state index is 11.7. The SMILES string of the molecule is CC(=O)c1ccccc1OCC(C(C)=Nc1ccc(C#N)c(Cl)c1)=C(C)N. The number of aliphatic imine (C=N–C) groups is 1. The Morgan fingerprint density at radius 3 is 2.52 bits per heavy atom. The van der Waals surface area contributed by atoms with Crippen LogP contribution in [-0.4, -0.2) is 18.1 Å². The Morgan fingerprint density at radius 1 is 1.22 bits per heavy atom. The first kappa shape index (κ1) is 20.2. The van der Waals surface area contributed by atoms with Gasteiger partial charge in [-0.15, -0.1) is 0 Å². The molecule has 6 heteroatoms. The molecule has 0 saturated carbocycles. The second-order valence-corrected chi connectivity index (χ2v) is 6.38. The molecule has 5 nitrogen and oxygen atoms in total. The fourth-order valence-corrected chi connectivity index (χ4v) is 2.68. The Hall–Kier alpha value is -3.10. The molecule has 138 valence electrons. The van der Waals surface area contributed by atoms with Crippen LogP contribution in [0, 0.1) is 11.3 Å². The van der Waals surface area contributed by atoms with Crippen molar-refractivity contribution in [1.29, 1.82) is 5.26 Å². The number of benzene rings is 2. The van der Waals surface area contributed by atoms with E-state index in [-0.39, 0.29) is 12.4 Å². The Kier molecular flexibility index (Phi) is 6.75. The molecule has 27 heavy (non-hydrogen) atoms. The molecule has 2 rings (SSSR count). The number of ketones is 1. The van der Waals surface area contributed by atoms with E-state index in [0.29, 0.717) is 44.6 Å². The van der Waals surface area contributed by atoms with Crippen LogP contribution in [0.2, 0.25) is 5.02 Å². The number of ether oxygens (including phenoxy) is 1. The predicted molar refractivity (Wildman–Crippen MR) is 108 cm³/mol. The second kappa shape index (κ2) is 9.02. The van der Waals surface area contributed by atoms with Gasteiger partial charge in [0.05, 0.1) is 21.8 Å². The summed E-state index contributed by atoms with van der Waals surface area (Å²) in [5, 5.41) is 9.30. The van der Waals surface area contributed by atoms with Gasteiger partial charge in [-0.1, -0.05) is 23.7 Å². The first-order valence-corrected chi connectivity index (χ1v) is 8.64. The lowest BCUT2D eigenvalue weighted by Gasteiger charge is -2.14. The van der Waals surface area contributed by atoms with E-state index in [1.54, 1.807) is 49.4 Å². The van der Waals surface area contributed by atoms with Gasteiger partial charge in [-0.05, 0) is 51.1 Å². The molecule has 0 saturated heterocycles. The number of carbonyl (C=O) groups is 1. The Morgan fingerprint density at radius 2 is 1.93 bits per heavy atom. The van der Waals surface area contributed by atoms with Crippen LogP contribution in [0.3, 0.4) is 0 Å². The summed E-state index contributed by atoms with van der Waals surface area (Å²) in [6.07, 6.45) is 0. The van der Waals surface area contributed by atoms with Gasteiger partial charge in [0.25, 0.3) is 0 Å². The number of carbonyl (C=O) groups excluding carboxylic acids is 1. The van der Waals surface area contributed by atoms with Crippen molar-refractivity contribution in [1.82, 2.24) is 0 Å². The number of para-hydroxylation sites is 1. The first-order chi connectivity index (χ1) is 12.8. The monoisotopic (exact) mass is 381 g/mol. The van der Waals surface area contributed by atoms with Crippen molar-refractivity contribution in [2.24, 2.45) is 10.7 Å². The highest BCUT2D eigenvalue weighted by Crippen LogP contribution is 2.24. The summed E-state index contributed by atoms with van der Waals surface area (Å²) in [4.78, 5) is 16.3. The first-order valence-electron chi connectivity index (χ1n) is 8.26. The maximum Gasteiger partial charge on any atom is 0.163 e. The number of halogens is 1. The number of allylic oxidation sites excluding steroid dienone is 1. The van der Waals surface area contributed by atoms with Crippen molar-refractivity contribution in [3.05, 3.63) is 69.9 Å². The Labute approximate surface area is 163 Å². The quantitative estimate of drug-likeness (QED) is 0.573. The van der Waals surface area contributed by atoms with Crippen LogP contribution >= 0.6 is 11.6 Å².